The number of anilines is 1. The Morgan fingerprint density at radius 2 is 2.29 bits per heavy atom. The minimum Gasteiger partial charge on any atom is -0.375 e. The van der Waals surface area contributed by atoms with Crippen LogP contribution in [0.4, 0.5) is 5.13 Å². The highest BCUT2D eigenvalue weighted by Gasteiger charge is 2.25. The summed E-state index contributed by atoms with van der Waals surface area (Å²) in [6, 6.07) is 2.22. The molecule has 1 unspecified atom stereocenters. The van der Waals surface area contributed by atoms with Crippen LogP contribution in [-0.4, -0.2) is 9.97 Å². The predicted molar refractivity (Wildman–Crippen MR) is 70.3 cm³/mol. The van der Waals surface area contributed by atoms with E-state index in [1.807, 2.05) is 12.4 Å². The number of aryl methyl sites for hydroxylation is 2. The molecule has 2 N–H and O–H groups in total. The van der Waals surface area contributed by atoms with Crippen molar-refractivity contribution < 1.29 is 0 Å². The fourth-order valence-corrected chi connectivity index (χ4v) is 3.57. The summed E-state index contributed by atoms with van der Waals surface area (Å²) in [4.78, 5) is 10.1. The third-order valence-corrected chi connectivity index (χ3v) is 4.31. The molecule has 0 aromatic carbocycles. The topological polar surface area (TPSA) is 51.8 Å². The number of thiazole rings is 1. The second kappa shape index (κ2) is 4.11. The third-order valence-electron chi connectivity index (χ3n) is 3.27. The number of aromatic nitrogens is 2. The molecular formula is C13H15N3S. The van der Waals surface area contributed by atoms with Crippen LogP contribution in [0.25, 0.3) is 0 Å². The van der Waals surface area contributed by atoms with Crippen LogP contribution < -0.4 is 5.73 Å². The van der Waals surface area contributed by atoms with E-state index < -0.39 is 0 Å². The van der Waals surface area contributed by atoms with E-state index in [4.69, 9.17) is 5.73 Å². The van der Waals surface area contributed by atoms with Gasteiger partial charge >= 0.3 is 0 Å². The molecule has 2 heterocycles. The molecule has 0 saturated carbocycles. The zero-order chi connectivity index (χ0) is 11.8. The van der Waals surface area contributed by atoms with E-state index in [-0.39, 0.29) is 0 Å². The van der Waals surface area contributed by atoms with E-state index >= 15 is 0 Å². The molecule has 2 aromatic rings. The summed E-state index contributed by atoms with van der Waals surface area (Å²) < 4.78 is 0. The molecule has 3 rings (SSSR count). The average Bonchev–Trinajstić information content (AvgIpc) is 2.68. The Morgan fingerprint density at radius 3 is 3.12 bits per heavy atom. The largest absolute Gasteiger partial charge is 0.375 e. The lowest BCUT2D eigenvalue weighted by Gasteiger charge is -2.21. The van der Waals surface area contributed by atoms with Gasteiger partial charge in [-0.1, -0.05) is 6.07 Å². The van der Waals surface area contributed by atoms with Gasteiger partial charge in [0.15, 0.2) is 5.13 Å². The summed E-state index contributed by atoms with van der Waals surface area (Å²) in [5.41, 5.74) is 9.54. The van der Waals surface area contributed by atoms with Gasteiger partial charge < -0.3 is 5.73 Å². The minimum atomic E-state index is 0.445. The van der Waals surface area contributed by atoms with E-state index in [0.717, 1.165) is 6.42 Å². The van der Waals surface area contributed by atoms with E-state index in [9.17, 15) is 0 Å². The smallest absolute Gasteiger partial charge is 0.180 e. The Hall–Kier alpha value is -1.42. The van der Waals surface area contributed by atoms with Crippen LogP contribution in [0.2, 0.25) is 0 Å². The quantitative estimate of drug-likeness (QED) is 0.840. The van der Waals surface area contributed by atoms with Crippen LogP contribution in [0.5, 0.6) is 0 Å². The molecular weight excluding hydrogens is 230 g/mol. The number of hydrogen-bond acceptors (Lipinski definition) is 4. The minimum absolute atomic E-state index is 0.445. The first kappa shape index (κ1) is 10.7. The van der Waals surface area contributed by atoms with Crippen LogP contribution in [0.1, 0.15) is 40.5 Å². The first-order chi connectivity index (χ1) is 8.24. The Labute approximate surface area is 105 Å². The van der Waals surface area contributed by atoms with Crippen LogP contribution in [0, 0.1) is 6.92 Å². The molecule has 0 fully saturated rings. The number of hydrogen-bond donors (Lipinski definition) is 1. The summed E-state index contributed by atoms with van der Waals surface area (Å²) in [5.74, 6) is 0.445. The summed E-state index contributed by atoms with van der Waals surface area (Å²) in [6.45, 7) is 2.08. The van der Waals surface area contributed by atoms with Crippen molar-refractivity contribution in [2.75, 3.05) is 5.73 Å². The average molecular weight is 245 g/mol. The normalized spacial score (nSPS) is 19.0. The molecule has 0 amide bonds. The van der Waals surface area contributed by atoms with Crippen molar-refractivity contribution in [3.05, 3.63) is 40.2 Å². The molecule has 1 atom stereocenters. The predicted octanol–water partition coefficient (Wildman–Crippen LogP) is 2.90. The van der Waals surface area contributed by atoms with Crippen molar-refractivity contribution in [1.29, 1.82) is 0 Å². The van der Waals surface area contributed by atoms with Crippen molar-refractivity contribution in [3.63, 3.8) is 0 Å². The lowest BCUT2D eigenvalue weighted by molar-refractivity contribution is 0.615. The van der Waals surface area contributed by atoms with Crippen molar-refractivity contribution in [2.45, 2.75) is 32.1 Å². The molecule has 0 spiro atoms. The molecule has 88 valence electrons. The van der Waals surface area contributed by atoms with Crippen molar-refractivity contribution in [1.82, 2.24) is 9.97 Å². The molecule has 0 aliphatic heterocycles. The summed E-state index contributed by atoms with van der Waals surface area (Å²) >= 11 is 1.64. The van der Waals surface area contributed by atoms with Crippen LogP contribution in [0.15, 0.2) is 18.5 Å². The molecule has 2 aromatic heterocycles. The van der Waals surface area contributed by atoms with Gasteiger partial charge in [-0.25, -0.2) is 4.98 Å². The summed E-state index contributed by atoms with van der Waals surface area (Å²) in [7, 11) is 0. The maximum atomic E-state index is 5.82. The molecule has 0 bridgehead atoms. The number of nitrogen functional groups attached to an aromatic ring is 1. The maximum Gasteiger partial charge on any atom is 0.180 e. The number of pyridine rings is 1. The van der Waals surface area contributed by atoms with Gasteiger partial charge in [0, 0.05) is 23.2 Å². The zero-order valence-electron chi connectivity index (χ0n) is 9.81. The number of rotatable bonds is 1. The van der Waals surface area contributed by atoms with Crippen molar-refractivity contribution in [2.24, 2.45) is 0 Å². The molecule has 0 saturated heterocycles. The van der Waals surface area contributed by atoms with Gasteiger partial charge in [0.2, 0.25) is 0 Å². The maximum absolute atomic E-state index is 5.82. The first-order valence-electron chi connectivity index (χ1n) is 5.90. The standard InChI is InChI=1S/C13H15N3S/c1-8-5-9(7-15-6-8)10-3-2-4-11-12(10)17-13(14)16-11/h5-7,10H,2-4H2,1H3,(H2,14,16). The Morgan fingerprint density at radius 1 is 1.41 bits per heavy atom. The highest BCUT2D eigenvalue weighted by molar-refractivity contribution is 7.15. The van der Waals surface area contributed by atoms with Gasteiger partial charge in [-0.3, -0.25) is 4.98 Å². The van der Waals surface area contributed by atoms with Gasteiger partial charge in [0.1, 0.15) is 0 Å². The molecule has 4 heteroatoms. The zero-order valence-corrected chi connectivity index (χ0v) is 10.6. The summed E-state index contributed by atoms with van der Waals surface area (Å²) in [6.07, 6.45) is 7.31. The second-order valence-corrected chi connectivity index (χ2v) is 5.67. The van der Waals surface area contributed by atoms with Gasteiger partial charge in [0.05, 0.1) is 5.69 Å². The third kappa shape index (κ3) is 1.93. The monoisotopic (exact) mass is 245 g/mol. The van der Waals surface area contributed by atoms with E-state index in [2.05, 4.69) is 23.0 Å². The molecule has 17 heavy (non-hydrogen) atoms. The summed E-state index contributed by atoms with van der Waals surface area (Å²) in [5, 5.41) is 0.697. The van der Waals surface area contributed by atoms with Gasteiger partial charge in [-0.2, -0.15) is 0 Å². The van der Waals surface area contributed by atoms with Crippen LogP contribution >= 0.6 is 11.3 Å². The van der Waals surface area contributed by atoms with Crippen molar-refractivity contribution >= 4 is 16.5 Å². The van der Waals surface area contributed by atoms with Crippen molar-refractivity contribution in [3.8, 4) is 0 Å². The molecule has 0 radical (unpaired) electrons. The van der Waals surface area contributed by atoms with Gasteiger partial charge in [-0.15, -0.1) is 11.3 Å². The number of nitrogens with zero attached hydrogens (tertiary/aromatic N) is 2. The molecule has 1 aliphatic carbocycles. The second-order valence-electron chi connectivity index (χ2n) is 4.60. The van der Waals surface area contributed by atoms with Gasteiger partial charge in [0.25, 0.3) is 0 Å². The van der Waals surface area contributed by atoms with E-state index in [1.54, 1.807) is 11.3 Å². The number of nitrogens with two attached hydrogens (primary N) is 1. The lowest BCUT2D eigenvalue weighted by atomic mass is 9.86. The Bertz CT molecular complexity index is 547. The highest BCUT2D eigenvalue weighted by Crippen LogP contribution is 2.40. The fourth-order valence-electron chi connectivity index (χ4n) is 2.53. The highest BCUT2D eigenvalue weighted by atomic mass is 32.1. The van der Waals surface area contributed by atoms with Crippen LogP contribution in [-0.2, 0) is 6.42 Å². The van der Waals surface area contributed by atoms with Crippen LogP contribution in [0.3, 0.4) is 0 Å². The molecule has 1 aliphatic rings. The fraction of sp³-hybridized carbons (Fsp3) is 0.385. The Kier molecular flexibility index (Phi) is 2.59. The number of fused-ring (bicyclic) bond motifs is 1. The van der Waals surface area contributed by atoms with E-state index in [1.165, 1.54) is 34.5 Å². The van der Waals surface area contributed by atoms with Gasteiger partial charge in [-0.05, 0) is 37.3 Å². The SMILES string of the molecule is Cc1cncc(C2CCCc3nc(N)sc32)c1. The first-order valence-corrected chi connectivity index (χ1v) is 6.72. The Balaban J connectivity index is 2.05. The molecule has 3 nitrogen and oxygen atoms in total. The lowest BCUT2D eigenvalue weighted by Crippen LogP contribution is -2.09. The van der Waals surface area contributed by atoms with E-state index in [0.29, 0.717) is 11.0 Å².